The summed E-state index contributed by atoms with van der Waals surface area (Å²) in [5.74, 6) is 0.399. The van der Waals surface area contributed by atoms with E-state index in [1.54, 1.807) is 17.0 Å². The van der Waals surface area contributed by atoms with Crippen molar-refractivity contribution in [2.75, 3.05) is 33.2 Å². The van der Waals surface area contributed by atoms with E-state index >= 15 is 0 Å². The molecule has 2 rings (SSSR count). The van der Waals surface area contributed by atoms with E-state index in [1.165, 1.54) is 19.2 Å². The van der Waals surface area contributed by atoms with Crippen LogP contribution in [-0.2, 0) is 21.3 Å². The molecule has 0 aliphatic carbocycles. The molecule has 1 saturated heterocycles. The van der Waals surface area contributed by atoms with Gasteiger partial charge in [0, 0.05) is 26.2 Å². The lowest BCUT2D eigenvalue weighted by Crippen LogP contribution is -2.53. The van der Waals surface area contributed by atoms with Crippen LogP contribution in [-0.4, -0.2) is 69.1 Å². The number of sulfonamides is 1. The fraction of sp³-hybridized carbons (Fsp3) is 0.556. The van der Waals surface area contributed by atoms with Gasteiger partial charge in [-0.1, -0.05) is 12.1 Å². The number of aliphatic imine (C=N–C) groups is 1. The smallest absolute Gasteiger partial charge is 0.410 e. The molecule has 156 valence electrons. The Labute approximate surface area is 166 Å². The Balaban J connectivity index is 1.89. The summed E-state index contributed by atoms with van der Waals surface area (Å²) in [6.45, 7) is 8.05. The minimum absolute atomic E-state index is 0.203. The van der Waals surface area contributed by atoms with Crippen molar-refractivity contribution in [1.29, 1.82) is 0 Å². The Kier molecular flexibility index (Phi) is 6.89. The Bertz CT molecular complexity index is 807. The normalized spacial score (nSPS) is 16.2. The molecule has 0 saturated carbocycles. The number of nitrogens with two attached hydrogens (primary N) is 1. The predicted octanol–water partition coefficient (Wildman–Crippen LogP) is 0.962. The van der Waals surface area contributed by atoms with Crippen molar-refractivity contribution in [3.8, 4) is 0 Å². The van der Waals surface area contributed by atoms with E-state index in [9.17, 15) is 13.2 Å². The molecule has 1 fully saturated rings. The molecule has 0 radical (unpaired) electrons. The molecule has 1 aliphatic heterocycles. The lowest BCUT2D eigenvalue weighted by Gasteiger charge is -2.36. The maximum absolute atomic E-state index is 12.1. The van der Waals surface area contributed by atoms with Crippen molar-refractivity contribution in [3.05, 3.63) is 29.8 Å². The van der Waals surface area contributed by atoms with E-state index < -0.39 is 15.6 Å². The maximum atomic E-state index is 12.1. The van der Waals surface area contributed by atoms with Gasteiger partial charge in [-0.05, 0) is 45.5 Å². The average molecular weight is 412 g/mol. The van der Waals surface area contributed by atoms with Crippen molar-refractivity contribution >= 4 is 22.1 Å². The van der Waals surface area contributed by atoms with Crippen molar-refractivity contribution in [2.24, 2.45) is 10.7 Å². The zero-order chi connectivity index (χ0) is 20.9. The second-order valence-electron chi connectivity index (χ2n) is 7.48. The van der Waals surface area contributed by atoms with Gasteiger partial charge in [-0.3, -0.25) is 0 Å². The van der Waals surface area contributed by atoms with Crippen LogP contribution in [0.1, 0.15) is 26.3 Å². The highest BCUT2D eigenvalue weighted by Gasteiger charge is 2.26. The number of rotatable bonds is 4. The Morgan fingerprint density at radius 1 is 1.14 bits per heavy atom. The summed E-state index contributed by atoms with van der Waals surface area (Å²) in [6, 6.07) is 6.49. The largest absolute Gasteiger partial charge is 0.444 e. The van der Waals surface area contributed by atoms with Gasteiger partial charge < -0.3 is 20.3 Å². The molecule has 1 heterocycles. The third-order valence-corrected chi connectivity index (χ3v) is 5.61. The molecule has 1 amide bonds. The fourth-order valence-electron chi connectivity index (χ4n) is 2.61. The predicted molar refractivity (Wildman–Crippen MR) is 107 cm³/mol. The Morgan fingerprint density at radius 3 is 2.18 bits per heavy atom. The average Bonchev–Trinajstić information content (AvgIpc) is 2.65. The van der Waals surface area contributed by atoms with Gasteiger partial charge in [0.2, 0.25) is 10.0 Å². The van der Waals surface area contributed by atoms with Gasteiger partial charge in [-0.2, -0.15) is 0 Å². The highest BCUT2D eigenvalue weighted by molar-refractivity contribution is 7.89. The highest BCUT2D eigenvalue weighted by atomic mass is 32.2. The molecule has 0 unspecified atom stereocenters. The summed E-state index contributed by atoms with van der Waals surface area (Å²) in [7, 11) is -2.08. The molecular weight excluding hydrogens is 382 g/mol. The molecule has 0 aromatic heterocycles. The van der Waals surface area contributed by atoms with Crippen molar-refractivity contribution in [3.63, 3.8) is 0 Å². The van der Waals surface area contributed by atoms with E-state index in [4.69, 9.17) is 10.5 Å². The summed E-state index contributed by atoms with van der Waals surface area (Å²) < 4.78 is 31.1. The topological polar surface area (TPSA) is 117 Å². The number of ether oxygens (including phenoxy) is 1. The van der Waals surface area contributed by atoms with Gasteiger partial charge >= 0.3 is 6.09 Å². The first-order chi connectivity index (χ1) is 13.0. The number of hydrogen-bond acceptors (Lipinski definition) is 5. The molecule has 1 aromatic rings. The minimum atomic E-state index is -3.45. The second-order valence-corrected chi connectivity index (χ2v) is 9.37. The van der Waals surface area contributed by atoms with Crippen LogP contribution in [0.5, 0.6) is 0 Å². The molecule has 0 atom stereocenters. The first kappa shape index (κ1) is 22.0. The SMILES string of the molecule is CNS(=O)(=O)c1ccc(CN=C(N)N2CCN(C(=O)OC(C)(C)C)CC2)cc1. The lowest BCUT2D eigenvalue weighted by atomic mass is 10.2. The first-order valence-electron chi connectivity index (χ1n) is 9.07. The number of nitrogens with one attached hydrogen (secondary N) is 1. The monoisotopic (exact) mass is 411 g/mol. The molecule has 1 aromatic carbocycles. The van der Waals surface area contributed by atoms with Crippen LogP contribution in [0.2, 0.25) is 0 Å². The number of carbonyl (C=O) groups is 1. The molecular formula is C18H29N5O4S. The zero-order valence-corrected chi connectivity index (χ0v) is 17.6. The summed E-state index contributed by atoms with van der Waals surface area (Å²) in [6.07, 6.45) is -0.320. The van der Waals surface area contributed by atoms with Gasteiger partial charge in [0.05, 0.1) is 11.4 Å². The second kappa shape index (κ2) is 8.78. The van der Waals surface area contributed by atoms with E-state index in [1.807, 2.05) is 25.7 Å². The van der Waals surface area contributed by atoms with E-state index in [-0.39, 0.29) is 11.0 Å². The van der Waals surface area contributed by atoms with Gasteiger partial charge in [0.15, 0.2) is 5.96 Å². The van der Waals surface area contributed by atoms with Gasteiger partial charge in [-0.15, -0.1) is 0 Å². The van der Waals surface area contributed by atoms with Gasteiger partial charge in [0.1, 0.15) is 5.60 Å². The van der Waals surface area contributed by atoms with Crippen molar-refractivity contribution in [1.82, 2.24) is 14.5 Å². The zero-order valence-electron chi connectivity index (χ0n) is 16.8. The van der Waals surface area contributed by atoms with Crippen LogP contribution in [0.15, 0.2) is 34.2 Å². The standard InChI is InChI=1S/C18H29N5O4S/c1-18(2,3)27-17(24)23-11-9-22(10-12-23)16(19)21-13-14-5-7-15(8-6-14)28(25,26)20-4/h5-8,20H,9-13H2,1-4H3,(H2,19,21). The number of piperazine rings is 1. The summed E-state index contributed by atoms with van der Waals surface area (Å²) in [5, 5.41) is 0. The highest BCUT2D eigenvalue weighted by Crippen LogP contribution is 2.13. The Hall–Kier alpha value is -2.33. The number of benzene rings is 1. The van der Waals surface area contributed by atoms with E-state index in [2.05, 4.69) is 9.71 Å². The van der Waals surface area contributed by atoms with Gasteiger partial charge in [0.25, 0.3) is 0 Å². The van der Waals surface area contributed by atoms with Crippen molar-refractivity contribution in [2.45, 2.75) is 37.8 Å². The summed E-state index contributed by atoms with van der Waals surface area (Å²) >= 11 is 0. The third kappa shape index (κ3) is 6.10. The molecule has 10 heteroatoms. The number of carbonyl (C=O) groups excluding carboxylic acids is 1. The van der Waals surface area contributed by atoms with Crippen LogP contribution in [0.3, 0.4) is 0 Å². The molecule has 1 aliphatic rings. The summed E-state index contributed by atoms with van der Waals surface area (Å²) in [5.41, 5.74) is 6.41. The Morgan fingerprint density at radius 2 is 1.68 bits per heavy atom. The molecule has 9 nitrogen and oxygen atoms in total. The van der Waals surface area contributed by atoms with Crippen molar-refractivity contribution < 1.29 is 17.9 Å². The lowest BCUT2D eigenvalue weighted by molar-refractivity contribution is 0.0186. The van der Waals surface area contributed by atoms with E-state index in [0.717, 1.165) is 5.56 Å². The maximum Gasteiger partial charge on any atom is 0.410 e. The number of amides is 1. The number of guanidine groups is 1. The number of hydrogen-bond donors (Lipinski definition) is 2. The fourth-order valence-corrected chi connectivity index (χ4v) is 3.34. The molecule has 28 heavy (non-hydrogen) atoms. The van der Waals surface area contributed by atoms with Crippen LogP contribution >= 0.6 is 0 Å². The first-order valence-corrected chi connectivity index (χ1v) is 10.6. The van der Waals surface area contributed by atoms with Crippen LogP contribution in [0.4, 0.5) is 4.79 Å². The van der Waals surface area contributed by atoms with E-state index in [0.29, 0.717) is 38.7 Å². The van der Waals surface area contributed by atoms with Gasteiger partial charge in [-0.25, -0.2) is 22.9 Å². The van der Waals surface area contributed by atoms with Crippen LogP contribution in [0, 0.1) is 0 Å². The molecule has 3 N–H and O–H groups in total. The molecule has 0 bridgehead atoms. The molecule has 0 spiro atoms. The van der Waals surface area contributed by atoms with Crippen LogP contribution < -0.4 is 10.5 Å². The van der Waals surface area contributed by atoms with Crippen LogP contribution in [0.25, 0.3) is 0 Å². The summed E-state index contributed by atoms with van der Waals surface area (Å²) in [4.78, 5) is 20.3. The number of nitrogens with zero attached hydrogens (tertiary/aromatic N) is 3. The quantitative estimate of drug-likeness (QED) is 0.563. The third-order valence-electron chi connectivity index (χ3n) is 4.18. The minimum Gasteiger partial charge on any atom is -0.444 e.